The van der Waals surface area contributed by atoms with E-state index in [1.54, 1.807) is 0 Å². The number of hydrogen-bond acceptors (Lipinski definition) is 3. The van der Waals surface area contributed by atoms with E-state index < -0.39 is 23.8 Å². The van der Waals surface area contributed by atoms with Gasteiger partial charge in [0.25, 0.3) is 0 Å². The molecular weight excluding hydrogens is 288 g/mol. The van der Waals surface area contributed by atoms with Gasteiger partial charge < -0.3 is 15.3 Å². The Morgan fingerprint density at radius 1 is 0.591 bits per heavy atom. The van der Waals surface area contributed by atoms with Crippen LogP contribution in [0.2, 0.25) is 0 Å². The fourth-order valence-electron chi connectivity index (χ4n) is 2.44. The number of carbonyl (C=O) groups is 3. The molecule has 0 heterocycles. The second-order valence-corrected chi connectivity index (χ2v) is 5.73. The smallest absolute Gasteiger partial charge is 0.306 e. The molecule has 22 heavy (non-hydrogen) atoms. The molecule has 0 aromatic rings. The number of aliphatic carboxylic acids is 3. The normalized spacial score (nSPS) is 12.0. The van der Waals surface area contributed by atoms with E-state index in [1.165, 1.54) is 0 Å². The molecule has 6 heteroatoms. The minimum absolute atomic E-state index is 0.0279. The Labute approximate surface area is 131 Å². The van der Waals surface area contributed by atoms with Crippen molar-refractivity contribution in [2.75, 3.05) is 0 Å². The molecule has 0 rings (SSSR count). The van der Waals surface area contributed by atoms with E-state index in [0.29, 0.717) is 19.3 Å². The van der Waals surface area contributed by atoms with E-state index in [0.717, 1.165) is 44.9 Å². The van der Waals surface area contributed by atoms with Gasteiger partial charge in [0, 0.05) is 12.8 Å². The zero-order valence-electron chi connectivity index (χ0n) is 13.1. The summed E-state index contributed by atoms with van der Waals surface area (Å²) in [5.41, 5.74) is 0. The fourth-order valence-corrected chi connectivity index (χ4v) is 2.44. The van der Waals surface area contributed by atoms with Gasteiger partial charge in [-0.25, -0.2) is 0 Å². The van der Waals surface area contributed by atoms with Crippen LogP contribution in [0, 0.1) is 5.92 Å². The molecule has 0 aromatic carbocycles. The third-order valence-corrected chi connectivity index (χ3v) is 3.74. The second kappa shape index (κ2) is 13.1. The van der Waals surface area contributed by atoms with Gasteiger partial charge in [-0.1, -0.05) is 38.5 Å². The molecule has 0 saturated heterocycles. The summed E-state index contributed by atoms with van der Waals surface area (Å²) < 4.78 is 0. The highest BCUT2D eigenvalue weighted by Crippen LogP contribution is 2.18. The van der Waals surface area contributed by atoms with Crippen molar-refractivity contribution < 1.29 is 29.7 Å². The van der Waals surface area contributed by atoms with E-state index in [-0.39, 0.29) is 12.8 Å². The van der Waals surface area contributed by atoms with Gasteiger partial charge >= 0.3 is 17.9 Å². The van der Waals surface area contributed by atoms with E-state index in [2.05, 4.69) is 0 Å². The summed E-state index contributed by atoms with van der Waals surface area (Å²) in [5, 5.41) is 26.1. The third kappa shape index (κ3) is 13.4. The maximum atomic E-state index is 11.1. The Kier molecular flexibility index (Phi) is 12.2. The quantitative estimate of drug-likeness (QED) is 0.398. The lowest BCUT2D eigenvalue weighted by Gasteiger charge is -2.11. The molecule has 1 atom stereocenters. The summed E-state index contributed by atoms with van der Waals surface area (Å²) >= 11 is 0. The Balaban J connectivity index is 3.54. The molecule has 0 saturated carbocycles. The summed E-state index contributed by atoms with van der Waals surface area (Å²) in [7, 11) is 0. The van der Waals surface area contributed by atoms with Crippen LogP contribution in [-0.2, 0) is 14.4 Å². The van der Waals surface area contributed by atoms with Crippen LogP contribution in [0.5, 0.6) is 0 Å². The van der Waals surface area contributed by atoms with Gasteiger partial charge in [-0.3, -0.25) is 14.4 Å². The Morgan fingerprint density at radius 2 is 1.00 bits per heavy atom. The average molecular weight is 316 g/mol. The first-order chi connectivity index (χ1) is 10.4. The van der Waals surface area contributed by atoms with Gasteiger partial charge in [0.05, 0.1) is 5.92 Å². The van der Waals surface area contributed by atoms with E-state index >= 15 is 0 Å². The first-order valence-electron chi connectivity index (χ1n) is 8.10. The maximum absolute atomic E-state index is 11.1. The number of carboxylic acids is 3. The Hall–Kier alpha value is -1.59. The van der Waals surface area contributed by atoms with Gasteiger partial charge in [0.15, 0.2) is 0 Å². The number of carboxylic acid groups (broad SMARTS) is 3. The highest BCUT2D eigenvalue weighted by molar-refractivity contribution is 5.70. The first-order valence-corrected chi connectivity index (χ1v) is 8.10. The molecule has 0 fully saturated rings. The van der Waals surface area contributed by atoms with Crippen LogP contribution in [0.3, 0.4) is 0 Å². The molecule has 0 bridgehead atoms. The van der Waals surface area contributed by atoms with Crippen molar-refractivity contribution in [1.29, 1.82) is 0 Å². The lowest BCUT2D eigenvalue weighted by molar-refractivity contribution is -0.143. The van der Waals surface area contributed by atoms with Crippen molar-refractivity contribution in [2.24, 2.45) is 5.92 Å². The third-order valence-electron chi connectivity index (χ3n) is 3.74. The van der Waals surface area contributed by atoms with E-state index in [1.807, 2.05) is 0 Å². The fraction of sp³-hybridized carbons (Fsp3) is 0.812. The molecule has 0 aliphatic rings. The molecule has 128 valence electrons. The molecule has 0 aromatic heterocycles. The van der Waals surface area contributed by atoms with Gasteiger partial charge in [-0.05, 0) is 25.7 Å². The molecule has 0 radical (unpaired) electrons. The minimum Gasteiger partial charge on any atom is -0.481 e. The highest BCUT2D eigenvalue weighted by Gasteiger charge is 2.16. The Morgan fingerprint density at radius 3 is 1.50 bits per heavy atom. The van der Waals surface area contributed by atoms with Crippen molar-refractivity contribution in [3.8, 4) is 0 Å². The second-order valence-electron chi connectivity index (χ2n) is 5.73. The zero-order chi connectivity index (χ0) is 16.8. The van der Waals surface area contributed by atoms with Crippen molar-refractivity contribution in [1.82, 2.24) is 0 Å². The maximum Gasteiger partial charge on any atom is 0.306 e. The predicted octanol–water partition coefficient (Wildman–Crippen LogP) is 3.54. The topological polar surface area (TPSA) is 112 Å². The van der Waals surface area contributed by atoms with Gasteiger partial charge in [-0.15, -0.1) is 0 Å². The number of rotatable bonds is 15. The zero-order valence-corrected chi connectivity index (χ0v) is 13.1. The van der Waals surface area contributed by atoms with Gasteiger partial charge in [0.1, 0.15) is 0 Å². The van der Waals surface area contributed by atoms with Crippen LogP contribution in [0.25, 0.3) is 0 Å². The predicted molar refractivity (Wildman–Crippen MR) is 81.8 cm³/mol. The summed E-state index contributed by atoms with van der Waals surface area (Å²) in [6.07, 6.45) is 8.29. The van der Waals surface area contributed by atoms with Crippen LogP contribution in [-0.4, -0.2) is 33.2 Å². The van der Waals surface area contributed by atoms with Crippen molar-refractivity contribution in [3.05, 3.63) is 0 Å². The van der Waals surface area contributed by atoms with Gasteiger partial charge in [-0.2, -0.15) is 0 Å². The largest absolute Gasteiger partial charge is 0.481 e. The van der Waals surface area contributed by atoms with Crippen LogP contribution in [0.15, 0.2) is 0 Å². The van der Waals surface area contributed by atoms with E-state index in [4.69, 9.17) is 15.3 Å². The molecule has 0 aliphatic carbocycles. The number of unbranched alkanes of at least 4 members (excludes halogenated alkanes) is 6. The standard InChI is InChI=1S/C16H28O6/c17-14(18)11-7-5-3-1-2-4-6-9-13(16(21)22)10-8-12-15(19)20/h13H,1-12H2,(H,17,18)(H,19,20)(H,21,22). The van der Waals surface area contributed by atoms with Crippen molar-refractivity contribution in [3.63, 3.8) is 0 Å². The van der Waals surface area contributed by atoms with Crippen LogP contribution in [0.4, 0.5) is 0 Å². The highest BCUT2D eigenvalue weighted by atomic mass is 16.4. The molecular formula is C16H28O6. The first kappa shape index (κ1) is 20.4. The van der Waals surface area contributed by atoms with Crippen molar-refractivity contribution in [2.45, 2.75) is 77.0 Å². The summed E-state index contributed by atoms with van der Waals surface area (Å²) in [6.45, 7) is 0. The summed E-state index contributed by atoms with van der Waals surface area (Å²) in [4.78, 5) is 31.8. The SMILES string of the molecule is O=C(O)CCCCCCCCCC(CCCC(=O)O)C(=O)O. The molecule has 3 N–H and O–H groups in total. The monoisotopic (exact) mass is 316 g/mol. The Bertz CT molecular complexity index is 340. The molecule has 1 unspecified atom stereocenters. The van der Waals surface area contributed by atoms with Crippen LogP contribution < -0.4 is 0 Å². The lowest BCUT2D eigenvalue weighted by Crippen LogP contribution is -2.14. The molecule has 0 spiro atoms. The molecule has 6 nitrogen and oxygen atoms in total. The van der Waals surface area contributed by atoms with Crippen LogP contribution in [0.1, 0.15) is 77.0 Å². The minimum atomic E-state index is -0.882. The average Bonchev–Trinajstić information content (AvgIpc) is 2.42. The van der Waals surface area contributed by atoms with Crippen LogP contribution >= 0.6 is 0 Å². The lowest BCUT2D eigenvalue weighted by atomic mass is 9.95. The number of hydrogen-bond donors (Lipinski definition) is 3. The van der Waals surface area contributed by atoms with Crippen molar-refractivity contribution >= 4 is 17.9 Å². The molecule has 0 amide bonds. The summed E-state index contributed by atoms with van der Waals surface area (Å²) in [5.74, 6) is -2.90. The molecule has 0 aliphatic heterocycles. The van der Waals surface area contributed by atoms with E-state index in [9.17, 15) is 14.4 Å². The summed E-state index contributed by atoms with van der Waals surface area (Å²) in [6, 6.07) is 0. The van der Waals surface area contributed by atoms with Gasteiger partial charge in [0.2, 0.25) is 0 Å².